The smallest absolute Gasteiger partial charge is 0.225 e. The molecule has 0 aliphatic carbocycles. The first-order chi connectivity index (χ1) is 12.5. The second kappa shape index (κ2) is 7.89. The first-order valence-electron chi connectivity index (χ1n) is 9.45. The van der Waals surface area contributed by atoms with Crippen molar-refractivity contribution in [1.29, 1.82) is 0 Å². The van der Waals surface area contributed by atoms with Gasteiger partial charge in [-0.3, -0.25) is 9.59 Å². The number of rotatable bonds is 5. The lowest BCUT2D eigenvalue weighted by Crippen LogP contribution is -2.47. The number of carbonyl (C=O) groups is 2. The fourth-order valence-corrected chi connectivity index (χ4v) is 3.67. The second-order valence-corrected chi connectivity index (χ2v) is 7.37. The van der Waals surface area contributed by atoms with Crippen LogP contribution in [-0.2, 0) is 16.1 Å². The molecule has 1 aliphatic rings. The van der Waals surface area contributed by atoms with Crippen molar-refractivity contribution in [3.8, 4) is 0 Å². The molecule has 2 aromatic rings. The molecule has 6 heteroatoms. The number of imidazole rings is 1. The summed E-state index contributed by atoms with van der Waals surface area (Å²) in [7, 11) is 0. The van der Waals surface area contributed by atoms with Crippen LogP contribution in [-0.4, -0.2) is 45.9 Å². The van der Waals surface area contributed by atoms with Crippen LogP contribution in [0.5, 0.6) is 0 Å². The third-order valence-corrected chi connectivity index (χ3v) is 5.08. The van der Waals surface area contributed by atoms with Crippen LogP contribution in [0.2, 0.25) is 0 Å². The molecule has 1 aliphatic heterocycles. The van der Waals surface area contributed by atoms with Gasteiger partial charge < -0.3 is 14.8 Å². The van der Waals surface area contributed by atoms with Crippen molar-refractivity contribution in [1.82, 2.24) is 19.8 Å². The van der Waals surface area contributed by atoms with Crippen LogP contribution < -0.4 is 5.32 Å². The number of benzene rings is 1. The largest absolute Gasteiger partial charge is 0.354 e. The SMILES string of the molecule is Cc1nc2ccccc2n1CCNC(=O)C1CCCN(C(=O)C(C)C)C1. The van der Waals surface area contributed by atoms with E-state index >= 15 is 0 Å². The lowest BCUT2D eigenvalue weighted by molar-refractivity contribution is -0.138. The van der Waals surface area contributed by atoms with Crippen LogP contribution in [0.3, 0.4) is 0 Å². The quantitative estimate of drug-likeness (QED) is 0.894. The van der Waals surface area contributed by atoms with Crippen LogP contribution in [0.4, 0.5) is 0 Å². The van der Waals surface area contributed by atoms with Gasteiger partial charge in [0.05, 0.1) is 17.0 Å². The molecule has 1 unspecified atom stereocenters. The minimum absolute atomic E-state index is 0.0192. The fraction of sp³-hybridized carbons (Fsp3) is 0.550. The number of piperidine rings is 1. The molecule has 0 bridgehead atoms. The third kappa shape index (κ3) is 3.89. The van der Waals surface area contributed by atoms with Crippen molar-refractivity contribution < 1.29 is 9.59 Å². The number of nitrogens with zero attached hydrogens (tertiary/aromatic N) is 3. The average Bonchev–Trinajstić information content (AvgIpc) is 2.96. The molecule has 1 N–H and O–H groups in total. The number of aryl methyl sites for hydroxylation is 1. The number of para-hydroxylation sites is 2. The van der Waals surface area contributed by atoms with Crippen LogP contribution in [0.25, 0.3) is 11.0 Å². The van der Waals surface area contributed by atoms with E-state index in [-0.39, 0.29) is 23.7 Å². The van der Waals surface area contributed by atoms with Crippen LogP contribution in [0.1, 0.15) is 32.5 Å². The summed E-state index contributed by atoms with van der Waals surface area (Å²) in [5.74, 6) is 1.02. The molecule has 2 heterocycles. The second-order valence-electron chi connectivity index (χ2n) is 7.37. The molecule has 2 amide bonds. The number of amides is 2. The summed E-state index contributed by atoms with van der Waals surface area (Å²) in [6.45, 7) is 8.36. The van der Waals surface area contributed by atoms with Crippen molar-refractivity contribution >= 4 is 22.8 Å². The molecule has 1 fully saturated rings. The van der Waals surface area contributed by atoms with E-state index in [4.69, 9.17) is 0 Å². The lowest BCUT2D eigenvalue weighted by atomic mass is 9.96. The molecular formula is C20H28N4O2. The molecule has 140 valence electrons. The molecule has 26 heavy (non-hydrogen) atoms. The normalized spacial score (nSPS) is 17.7. The van der Waals surface area contributed by atoms with E-state index in [9.17, 15) is 9.59 Å². The zero-order valence-corrected chi connectivity index (χ0v) is 15.9. The number of likely N-dealkylation sites (tertiary alicyclic amines) is 1. The Balaban J connectivity index is 1.55. The van der Waals surface area contributed by atoms with Gasteiger partial charge in [-0.15, -0.1) is 0 Å². The maximum Gasteiger partial charge on any atom is 0.225 e. The number of fused-ring (bicyclic) bond motifs is 1. The maximum atomic E-state index is 12.5. The number of carbonyl (C=O) groups excluding carboxylic acids is 2. The zero-order valence-electron chi connectivity index (χ0n) is 15.9. The number of nitrogens with one attached hydrogen (secondary N) is 1. The molecule has 3 rings (SSSR count). The summed E-state index contributed by atoms with van der Waals surface area (Å²) in [5, 5.41) is 3.05. The zero-order chi connectivity index (χ0) is 18.7. The number of aromatic nitrogens is 2. The number of hydrogen-bond donors (Lipinski definition) is 1. The Hall–Kier alpha value is -2.37. The van der Waals surface area contributed by atoms with E-state index in [1.807, 2.05) is 49.9 Å². The van der Waals surface area contributed by atoms with Crippen molar-refractivity contribution in [2.24, 2.45) is 11.8 Å². The highest BCUT2D eigenvalue weighted by atomic mass is 16.2. The van der Waals surface area contributed by atoms with E-state index in [2.05, 4.69) is 14.9 Å². The van der Waals surface area contributed by atoms with Gasteiger partial charge >= 0.3 is 0 Å². The number of hydrogen-bond acceptors (Lipinski definition) is 3. The predicted octanol–water partition coefficient (Wildman–Crippen LogP) is 2.36. The van der Waals surface area contributed by atoms with Crippen molar-refractivity contribution in [2.45, 2.75) is 40.2 Å². The summed E-state index contributed by atoms with van der Waals surface area (Å²) in [6, 6.07) is 8.03. The Morgan fingerprint density at radius 1 is 1.31 bits per heavy atom. The van der Waals surface area contributed by atoms with Crippen molar-refractivity contribution in [2.75, 3.05) is 19.6 Å². The van der Waals surface area contributed by atoms with Gasteiger partial charge in [-0.05, 0) is 31.9 Å². The van der Waals surface area contributed by atoms with Crippen LogP contribution >= 0.6 is 0 Å². The van der Waals surface area contributed by atoms with Gasteiger partial charge in [0.25, 0.3) is 0 Å². The summed E-state index contributed by atoms with van der Waals surface area (Å²) >= 11 is 0. The first-order valence-corrected chi connectivity index (χ1v) is 9.45. The van der Waals surface area contributed by atoms with E-state index < -0.39 is 0 Å². The minimum Gasteiger partial charge on any atom is -0.354 e. The van der Waals surface area contributed by atoms with Crippen LogP contribution in [0, 0.1) is 18.8 Å². The Kier molecular flexibility index (Phi) is 5.59. The summed E-state index contributed by atoms with van der Waals surface area (Å²) < 4.78 is 2.13. The van der Waals surface area contributed by atoms with Gasteiger partial charge in [-0.1, -0.05) is 26.0 Å². The Morgan fingerprint density at radius 2 is 2.08 bits per heavy atom. The molecule has 6 nitrogen and oxygen atoms in total. The lowest BCUT2D eigenvalue weighted by Gasteiger charge is -2.33. The maximum absolute atomic E-state index is 12.5. The van der Waals surface area contributed by atoms with Gasteiger partial charge in [0.2, 0.25) is 11.8 Å². The van der Waals surface area contributed by atoms with Crippen LogP contribution in [0.15, 0.2) is 24.3 Å². The fourth-order valence-electron chi connectivity index (χ4n) is 3.67. The minimum atomic E-state index is -0.105. The molecule has 1 atom stereocenters. The highest BCUT2D eigenvalue weighted by molar-refractivity contribution is 5.82. The van der Waals surface area contributed by atoms with Crippen molar-refractivity contribution in [3.05, 3.63) is 30.1 Å². The van der Waals surface area contributed by atoms with Gasteiger partial charge in [-0.25, -0.2) is 4.98 Å². The topological polar surface area (TPSA) is 67.2 Å². The molecule has 1 aromatic carbocycles. The first kappa shape index (κ1) is 18.4. The predicted molar refractivity (Wildman–Crippen MR) is 102 cm³/mol. The standard InChI is InChI=1S/C20H28N4O2/c1-14(2)20(26)23-11-6-7-16(13-23)19(25)21-10-12-24-15(3)22-17-8-4-5-9-18(17)24/h4-5,8-9,14,16H,6-7,10-13H2,1-3H3,(H,21,25). The van der Waals surface area contributed by atoms with Gasteiger partial charge in [-0.2, -0.15) is 0 Å². The summed E-state index contributed by atoms with van der Waals surface area (Å²) in [4.78, 5) is 31.1. The highest BCUT2D eigenvalue weighted by Crippen LogP contribution is 2.19. The highest BCUT2D eigenvalue weighted by Gasteiger charge is 2.29. The van der Waals surface area contributed by atoms with Gasteiger partial charge in [0.15, 0.2) is 0 Å². The summed E-state index contributed by atoms with van der Waals surface area (Å²) in [6.07, 6.45) is 1.74. The van der Waals surface area contributed by atoms with Gasteiger partial charge in [0, 0.05) is 32.1 Å². The molecule has 1 aromatic heterocycles. The van der Waals surface area contributed by atoms with E-state index in [0.29, 0.717) is 19.6 Å². The molecule has 1 saturated heterocycles. The Bertz CT molecular complexity index is 796. The summed E-state index contributed by atoms with van der Waals surface area (Å²) in [5.41, 5.74) is 2.07. The molecule has 0 spiro atoms. The monoisotopic (exact) mass is 356 g/mol. The third-order valence-electron chi connectivity index (χ3n) is 5.08. The van der Waals surface area contributed by atoms with E-state index in [1.165, 1.54) is 0 Å². The molecular weight excluding hydrogens is 328 g/mol. The molecule has 0 radical (unpaired) electrons. The van der Waals surface area contributed by atoms with Crippen molar-refractivity contribution in [3.63, 3.8) is 0 Å². The molecule has 0 saturated carbocycles. The Morgan fingerprint density at radius 3 is 2.85 bits per heavy atom. The average molecular weight is 356 g/mol. The van der Waals surface area contributed by atoms with Gasteiger partial charge in [0.1, 0.15) is 5.82 Å². The van der Waals surface area contributed by atoms with E-state index in [0.717, 1.165) is 36.2 Å². The van der Waals surface area contributed by atoms with E-state index in [1.54, 1.807) is 0 Å². The Labute approximate surface area is 154 Å².